The summed E-state index contributed by atoms with van der Waals surface area (Å²) in [7, 11) is 1.43. The van der Waals surface area contributed by atoms with E-state index in [-0.39, 0.29) is 12.0 Å². The molecular formula is C13H15ClO4. The molecule has 0 aliphatic carbocycles. The lowest BCUT2D eigenvalue weighted by molar-refractivity contribution is -0.138. The maximum atomic E-state index is 11.8. The maximum absolute atomic E-state index is 11.8. The number of rotatable bonds is 5. The second-order valence-electron chi connectivity index (χ2n) is 3.71. The molecule has 98 valence electrons. The van der Waals surface area contributed by atoms with Gasteiger partial charge in [0.2, 0.25) is 0 Å². The van der Waals surface area contributed by atoms with Gasteiger partial charge in [0.05, 0.1) is 7.11 Å². The van der Waals surface area contributed by atoms with Crippen LogP contribution < -0.4 is 4.74 Å². The Balaban J connectivity index is 2.77. The molecule has 0 saturated carbocycles. The van der Waals surface area contributed by atoms with E-state index in [4.69, 9.17) is 21.1 Å². The molecule has 0 bridgehead atoms. The second kappa shape index (κ2) is 7.01. The Bertz CT molecular complexity index is 443. The number of halogens is 1. The molecule has 0 unspecified atom stereocenters. The standard InChI is InChI=1S/C13H15ClO4/c1-3-4-5-12(15)18-13(16)10-8-9(14)6-7-11(10)17-2/h6-8H,3-5H2,1-2H3. The van der Waals surface area contributed by atoms with E-state index in [0.29, 0.717) is 17.2 Å². The first-order chi connectivity index (χ1) is 8.58. The van der Waals surface area contributed by atoms with E-state index >= 15 is 0 Å². The van der Waals surface area contributed by atoms with Crippen LogP contribution >= 0.6 is 11.6 Å². The van der Waals surface area contributed by atoms with Crippen LogP contribution in [0.2, 0.25) is 5.02 Å². The van der Waals surface area contributed by atoms with Crippen molar-refractivity contribution in [2.24, 2.45) is 0 Å². The van der Waals surface area contributed by atoms with Gasteiger partial charge in [-0.3, -0.25) is 4.79 Å². The van der Waals surface area contributed by atoms with Gasteiger partial charge in [-0.25, -0.2) is 4.79 Å². The van der Waals surface area contributed by atoms with E-state index in [2.05, 4.69) is 0 Å². The summed E-state index contributed by atoms with van der Waals surface area (Å²) < 4.78 is 9.73. The third-order valence-corrected chi connectivity index (χ3v) is 2.56. The lowest BCUT2D eigenvalue weighted by atomic mass is 10.2. The van der Waals surface area contributed by atoms with Gasteiger partial charge in [0.15, 0.2) is 0 Å². The van der Waals surface area contributed by atoms with Crippen molar-refractivity contribution in [1.29, 1.82) is 0 Å². The molecule has 1 rings (SSSR count). The average Bonchev–Trinajstić information content (AvgIpc) is 2.36. The third kappa shape index (κ3) is 4.04. The smallest absolute Gasteiger partial charge is 0.349 e. The number of carbonyl (C=O) groups is 2. The first-order valence-corrected chi connectivity index (χ1v) is 6.04. The summed E-state index contributed by atoms with van der Waals surface area (Å²) in [6, 6.07) is 4.56. The number of methoxy groups -OCH3 is 1. The number of ether oxygens (including phenoxy) is 2. The van der Waals surface area contributed by atoms with Crippen molar-refractivity contribution in [3.63, 3.8) is 0 Å². The Morgan fingerprint density at radius 1 is 1.33 bits per heavy atom. The van der Waals surface area contributed by atoms with Gasteiger partial charge in [-0.15, -0.1) is 0 Å². The minimum atomic E-state index is -0.740. The van der Waals surface area contributed by atoms with Crippen molar-refractivity contribution in [1.82, 2.24) is 0 Å². The van der Waals surface area contributed by atoms with Crippen LogP contribution in [0, 0.1) is 0 Å². The minimum absolute atomic E-state index is 0.148. The van der Waals surface area contributed by atoms with E-state index in [1.807, 2.05) is 6.92 Å². The fourth-order valence-corrected chi connectivity index (χ4v) is 1.54. The summed E-state index contributed by atoms with van der Waals surface area (Å²) in [4.78, 5) is 23.1. The number of hydrogen-bond acceptors (Lipinski definition) is 4. The predicted octanol–water partition coefficient (Wildman–Crippen LogP) is 3.22. The normalized spacial score (nSPS) is 9.94. The molecule has 18 heavy (non-hydrogen) atoms. The van der Waals surface area contributed by atoms with E-state index < -0.39 is 11.9 Å². The predicted molar refractivity (Wildman–Crippen MR) is 68.0 cm³/mol. The molecular weight excluding hydrogens is 256 g/mol. The van der Waals surface area contributed by atoms with Crippen LogP contribution in [0.5, 0.6) is 5.75 Å². The van der Waals surface area contributed by atoms with E-state index in [1.165, 1.54) is 13.2 Å². The zero-order chi connectivity index (χ0) is 13.5. The molecule has 0 heterocycles. The van der Waals surface area contributed by atoms with Gasteiger partial charge in [-0.1, -0.05) is 24.9 Å². The Hall–Kier alpha value is -1.55. The molecule has 1 aromatic rings. The monoisotopic (exact) mass is 270 g/mol. The highest BCUT2D eigenvalue weighted by molar-refractivity contribution is 6.31. The van der Waals surface area contributed by atoms with Crippen molar-refractivity contribution in [3.05, 3.63) is 28.8 Å². The molecule has 0 amide bonds. The fourth-order valence-electron chi connectivity index (χ4n) is 1.37. The third-order valence-electron chi connectivity index (χ3n) is 2.32. The molecule has 5 heteroatoms. The zero-order valence-corrected chi connectivity index (χ0v) is 11.1. The van der Waals surface area contributed by atoms with Crippen LogP contribution in [0.25, 0.3) is 0 Å². The van der Waals surface area contributed by atoms with Crippen LogP contribution in [0.15, 0.2) is 18.2 Å². The van der Waals surface area contributed by atoms with Gasteiger partial charge in [-0.2, -0.15) is 0 Å². The van der Waals surface area contributed by atoms with Crippen LogP contribution in [-0.2, 0) is 9.53 Å². The second-order valence-corrected chi connectivity index (χ2v) is 4.15. The van der Waals surface area contributed by atoms with Crippen molar-refractivity contribution in [3.8, 4) is 5.75 Å². The summed E-state index contributed by atoms with van der Waals surface area (Å²) in [5.74, 6) is -0.952. The minimum Gasteiger partial charge on any atom is -0.496 e. The molecule has 1 aromatic carbocycles. The summed E-state index contributed by atoms with van der Waals surface area (Å²) in [6.45, 7) is 1.95. The molecule has 0 N–H and O–H groups in total. The highest BCUT2D eigenvalue weighted by Crippen LogP contribution is 2.23. The van der Waals surface area contributed by atoms with Gasteiger partial charge in [0.25, 0.3) is 0 Å². The summed E-state index contributed by atoms with van der Waals surface area (Å²) in [6.07, 6.45) is 1.79. The molecule has 0 aromatic heterocycles. The highest BCUT2D eigenvalue weighted by Gasteiger charge is 2.17. The molecule has 0 aliphatic heterocycles. The van der Waals surface area contributed by atoms with Crippen LogP contribution in [0.4, 0.5) is 0 Å². The largest absolute Gasteiger partial charge is 0.496 e. The van der Waals surface area contributed by atoms with Crippen LogP contribution in [-0.4, -0.2) is 19.0 Å². The van der Waals surface area contributed by atoms with Crippen molar-refractivity contribution < 1.29 is 19.1 Å². The average molecular weight is 271 g/mol. The van der Waals surface area contributed by atoms with E-state index in [0.717, 1.165) is 6.42 Å². The number of carbonyl (C=O) groups excluding carboxylic acids is 2. The van der Waals surface area contributed by atoms with Gasteiger partial charge in [0.1, 0.15) is 11.3 Å². The quantitative estimate of drug-likeness (QED) is 0.609. The SMILES string of the molecule is CCCCC(=O)OC(=O)c1cc(Cl)ccc1OC. The molecule has 0 spiro atoms. The lowest BCUT2D eigenvalue weighted by Crippen LogP contribution is -2.13. The van der Waals surface area contributed by atoms with E-state index in [9.17, 15) is 9.59 Å². The van der Waals surface area contributed by atoms with Gasteiger partial charge in [0, 0.05) is 11.4 Å². The van der Waals surface area contributed by atoms with Gasteiger partial charge >= 0.3 is 11.9 Å². The van der Waals surface area contributed by atoms with Crippen LogP contribution in [0.1, 0.15) is 36.5 Å². The van der Waals surface area contributed by atoms with Crippen molar-refractivity contribution >= 4 is 23.5 Å². The van der Waals surface area contributed by atoms with Gasteiger partial charge < -0.3 is 9.47 Å². The zero-order valence-electron chi connectivity index (χ0n) is 10.4. The molecule has 0 saturated heterocycles. The highest BCUT2D eigenvalue weighted by atomic mass is 35.5. The first-order valence-electron chi connectivity index (χ1n) is 5.67. The van der Waals surface area contributed by atoms with Crippen molar-refractivity contribution in [2.45, 2.75) is 26.2 Å². The van der Waals surface area contributed by atoms with Crippen LogP contribution in [0.3, 0.4) is 0 Å². The summed E-state index contributed by atoms with van der Waals surface area (Å²) in [5.41, 5.74) is 0.148. The number of benzene rings is 1. The molecule has 0 atom stereocenters. The molecule has 4 nitrogen and oxygen atoms in total. The van der Waals surface area contributed by atoms with Gasteiger partial charge in [-0.05, 0) is 24.6 Å². The maximum Gasteiger partial charge on any atom is 0.349 e. The fraction of sp³-hybridized carbons (Fsp3) is 0.385. The molecule has 0 aliphatic rings. The summed E-state index contributed by atoms with van der Waals surface area (Å²) in [5, 5.41) is 0.378. The topological polar surface area (TPSA) is 52.6 Å². The lowest BCUT2D eigenvalue weighted by Gasteiger charge is -2.07. The van der Waals surface area contributed by atoms with Crippen molar-refractivity contribution in [2.75, 3.05) is 7.11 Å². The Morgan fingerprint density at radius 3 is 2.67 bits per heavy atom. The molecule has 0 fully saturated rings. The summed E-state index contributed by atoms with van der Waals surface area (Å²) >= 11 is 5.79. The van der Waals surface area contributed by atoms with E-state index in [1.54, 1.807) is 12.1 Å². The Labute approximate surface area is 111 Å². The first kappa shape index (κ1) is 14.5. The Morgan fingerprint density at radius 2 is 2.06 bits per heavy atom. The number of esters is 2. The number of hydrogen-bond donors (Lipinski definition) is 0. The molecule has 0 radical (unpaired) electrons. The Kier molecular flexibility index (Phi) is 5.65. The number of unbranched alkanes of at least 4 members (excludes halogenated alkanes) is 1.